The molecule has 0 spiro atoms. The normalized spacial score (nSPS) is 19.5. The van der Waals surface area contributed by atoms with Crippen molar-refractivity contribution in [3.63, 3.8) is 0 Å². The van der Waals surface area contributed by atoms with Gasteiger partial charge in [0.2, 0.25) is 0 Å². The Balaban J connectivity index is 2.14. The predicted octanol–water partition coefficient (Wildman–Crippen LogP) is 2.91. The summed E-state index contributed by atoms with van der Waals surface area (Å²) in [5.74, 6) is 2.59. The van der Waals surface area contributed by atoms with E-state index in [-0.39, 0.29) is 5.56 Å². The molecule has 1 aliphatic heterocycles. The number of aromatic nitrogens is 2. The number of nitrogens with zero attached hydrogens (tertiary/aromatic N) is 2. The first kappa shape index (κ1) is 11.9. The quantitative estimate of drug-likeness (QED) is 0.920. The average Bonchev–Trinajstić information content (AvgIpc) is 2.97. The number of carboxylic acids is 1. The van der Waals surface area contributed by atoms with E-state index < -0.39 is 5.97 Å². The molecule has 1 atom stereocenters. The third-order valence-electron chi connectivity index (χ3n) is 3.17. The van der Waals surface area contributed by atoms with Gasteiger partial charge in [-0.05, 0) is 24.3 Å². The van der Waals surface area contributed by atoms with Crippen molar-refractivity contribution < 1.29 is 9.90 Å². The SMILES string of the molecule is O=C(O)c1ccn2c(C3CCSC3)nc(Cl)c2c1. The van der Waals surface area contributed by atoms with Crippen molar-refractivity contribution in [1.29, 1.82) is 0 Å². The molecule has 0 aliphatic carbocycles. The van der Waals surface area contributed by atoms with E-state index >= 15 is 0 Å². The lowest BCUT2D eigenvalue weighted by Gasteiger charge is -2.07. The van der Waals surface area contributed by atoms with Crippen LogP contribution in [0.5, 0.6) is 0 Å². The summed E-state index contributed by atoms with van der Waals surface area (Å²) in [6.07, 6.45) is 2.84. The van der Waals surface area contributed by atoms with E-state index in [0.717, 1.165) is 23.8 Å². The van der Waals surface area contributed by atoms with E-state index in [2.05, 4.69) is 4.98 Å². The molecule has 1 aliphatic rings. The molecule has 1 unspecified atom stereocenters. The van der Waals surface area contributed by atoms with E-state index in [1.54, 1.807) is 18.3 Å². The molecule has 2 aromatic rings. The Kier molecular flexibility index (Phi) is 2.95. The highest BCUT2D eigenvalue weighted by molar-refractivity contribution is 7.99. The summed E-state index contributed by atoms with van der Waals surface area (Å²) >= 11 is 8.01. The fraction of sp³-hybridized carbons (Fsp3) is 0.333. The smallest absolute Gasteiger partial charge is 0.335 e. The van der Waals surface area contributed by atoms with E-state index in [1.165, 1.54) is 0 Å². The topological polar surface area (TPSA) is 54.6 Å². The first-order valence-corrected chi connectivity index (χ1v) is 7.18. The number of halogens is 1. The Hall–Kier alpha value is -1.20. The zero-order valence-electron chi connectivity index (χ0n) is 9.47. The Morgan fingerprint density at radius 1 is 1.61 bits per heavy atom. The Labute approximate surface area is 113 Å². The standard InChI is InChI=1S/C12H11ClN2O2S/c13-10-9-5-7(12(16)17)1-3-15(9)11(14-10)8-2-4-18-6-8/h1,3,5,8H,2,4,6H2,(H,16,17). The predicted molar refractivity (Wildman–Crippen MR) is 71.8 cm³/mol. The van der Waals surface area contributed by atoms with Crippen LogP contribution in [-0.2, 0) is 0 Å². The number of rotatable bonds is 2. The molecule has 0 radical (unpaired) electrons. The minimum atomic E-state index is -0.951. The van der Waals surface area contributed by atoms with E-state index in [0.29, 0.717) is 16.6 Å². The average molecular weight is 283 g/mol. The molecule has 1 saturated heterocycles. The first-order valence-electron chi connectivity index (χ1n) is 5.65. The van der Waals surface area contributed by atoms with Crippen molar-refractivity contribution in [2.45, 2.75) is 12.3 Å². The van der Waals surface area contributed by atoms with Gasteiger partial charge in [0.25, 0.3) is 0 Å². The van der Waals surface area contributed by atoms with E-state index in [4.69, 9.17) is 16.7 Å². The van der Waals surface area contributed by atoms with Crippen LogP contribution in [0, 0.1) is 0 Å². The summed E-state index contributed by atoms with van der Waals surface area (Å²) in [6, 6.07) is 3.15. The number of hydrogen-bond donors (Lipinski definition) is 1. The van der Waals surface area contributed by atoms with Gasteiger partial charge in [-0.15, -0.1) is 0 Å². The van der Waals surface area contributed by atoms with Crippen LogP contribution >= 0.6 is 23.4 Å². The number of hydrogen-bond acceptors (Lipinski definition) is 3. The molecule has 6 heteroatoms. The number of thioether (sulfide) groups is 1. The third kappa shape index (κ3) is 1.87. The monoisotopic (exact) mass is 282 g/mol. The van der Waals surface area contributed by atoms with Gasteiger partial charge in [0.05, 0.1) is 11.1 Å². The second-order valence-corrected chi connectivity index (χ2v) is 5.80. The van der Waals surface area contributed by atoms with Crippen LogP contribution in [0.2, 0.25) is 5.15 Å². The van der Waals surface area contributed by atoms with E-state index in [1.807, 2.05) is 16.2 Å². The molecule has 0 aromatic carbocycles. The van der Waals surface area contributed by atoms with Crippen molar-refractivity contribution in [1.82, 2.24) is 9.38 Å². The number of carboxylic acid groups (broad SMARTS) is 1. The molecule has 0 amide bonds. The molecule has 2 aromatic heterocycles. The van der Waals surface area contributed by atoms with Crippen molar-refractivity contribution in [2.75, 3.05) is 11.5 Å². The summed E-state index contributed by atoms with van der Waals surface area (Å²) in [6.45, 7) is 0. The zero-order chi connectivity index (χ0) is 12.7. The molecular weight excluding hydrogens is 272 g/mol. The second kappa shape index (κ2) is 4.48. The zero-order valence-corrected chi connectivity index (χ0v) is 11.0. The maximum absolute atomic E-state index is 10.9. The van der Waals surface area contributed by atoms with Gasteiger partial charge in [-0.3, -0.25) is 0 Å². The van der Waals surface area contributed by atoms with Crippen LogP contribution in [0.4, 0.5) is 0 Å². The lowest BCUT2D eigenvalue weighted by atomic mass is 10.1. The molecule has 0 bridgehead atoms. The lowest BCUT2D eigenvalue weighted by molar-refractivity contribution is 0.0697. The molecular formula is C12H11ClN2O2S. The minimum Gasteiger partial charge on any atom is -0.478 e. The Morgan fingerprint density at radius 3 is 3.11 bits per heavy atom. The molecule has 0 saturated carbocycles. The number of aromatic carboxylic acids is 1. The lowest BCUT2D eigenvalue weighted by Crippen LogP contribution is -2.04. The van der Waals surface area contributed by atoms with Gasteiger partial charge >= 0.3 is 5.97 Å². The van der Waals surface area contributed by atoms with Crippen molar-refractivity contribution in [3.8, 4) is 0 Å². The van der Waals surface area contributed by atoms with Gasteiger partial charge < -0.3 is 9.51 Å². The summed E-state index contributed by atoms with van der Waals surface area (Å²) in [5, 5.41) is 9.36. The fourth-order valence-electron chi connectivity index (χ4n) is 2.23. The highest BCUT2D eigenvalue weighted by Crippen LogP contribution is 2.33. The molecule has 1 fully saturated rings. The fourth-order valence-corrected chi connectivity index (χ4v) is 3.68. The maximum Gasteiger partial charge on any atom is 0.335 e. The van der Waals surface area contributed by atoms with Crippen LogP contribution in [0.3, 0.4) is 0 Å². The number of pyridine rings is 1. The highest BCUT2D eigenvalue weighted by Gasteiger charge is 2.23. The number of imidazole rings is 1. The summed E-state index contributed by atoms with van der Waals surface area (Å²) in [4.78, 5) is 15.3. The summed E-state index contributed by atoms with van der Waals surface area (Å²) < 4.78 is 1.91. The van der Waals surface area contributed by atoms with Crippen LogP contribution in [0.25, 0.3) is 5.52 Å². The molecule has 94 valence electrons. The minimum absolute atomic E-state index is 0.233. The summed E-state index contributed by atoms with van der Waals surface area (Å²) in [5.41, 5.74) is 0.903. The van der Waals surface area contributed by atoms with Crippen LogP contribution < -0.4 is 0 Å². The third-order valence-corrected chi connectivity index (χ3v) is 4.61. The largest absolute Gasteiger partial charge is 0.478 e. The van der Waals surface area contributed by atoms with Crippen molar-refractivity contribution in [2.24, 2.45) is 0 Å². The van der Waals surface area contributed by atoms with Crippen LogP contribution in [0.15, 0.2) is 18.3 Å². The first-order chi connectivity index (χ1) is 8.66. The number of fused-ring (bicyclic) bond motifs is 1. The van der Waals surface area contributed by atoms with E-state index in [9.17, 15) is 4.79 Å². The van der Waals surface area contributed by atoms with Crippen molar-refractivity contribution in [3.05, 3.63) is 34.9 Å². The second-order valence-electron chi connectivity index (χ2n) is 4.30. The molecule has 3 rings (SSSR count). The molecule has 18 heavy (non-hydrogen) atoms. The van der Waals surface area contributed by atoms with Gasteiger partial charge in [-0.2, -0.15) is 11.8 Å². The molecule has 1 N–H and O–H groups in total. The van der Waals surface area contributed by atoms with Gasteiger partial charge in [-0.1, -0.05) is 11.6 Å². The maximum atomic E-state index is 10.9. The highest BCUT2D eigenvalue weighted by atomic mass is 35.5. The van der Waals surface area contributed by atoms with Crippen LogP contribution in [0.1, 0.15) is 28.5 Å². The van der Waals surface area contributed by atoms with Gasteiger partial charge in [-0.25, -0.2) is 9.78 Å². The number of carbonyl (C=O) groups is 1. The molecule has 4 nitrogen and oxygen atoms in total. The Morgan fingerprint density at radius 2 is 2.44 bits per heavy atom. The van der Waals surface area contributed by atoms with Gasteiger partial charge in [0, 0.05) is 17.9 Å². The van der Waals surface area contributed by atoms with Gasteiger partial charge in [0.15, 0.2) is 5.15 Å². The molecule has 3 heterocycles. The van der Waals surface area contributed by atoms with Crippen LogP contribution in [-0.4, -0.2) is 32.0 Å². The Bertz CT molecular complexity index is 620. The summed E-state index contributed by atoms with van der Waals surface area (Å²) in [7, 11) is 0. The van der Waals surface area contributed by atoms with Crippen molar-refractivity contribution >= 4 is 34.8 Å². The van der Waals surface area contributed by atoms with Gasteiger partial charge in [0.1, 0.15) is 5.82 Å².